The van der Waals surface area contributed by atoms with Crippen molar-refractivity contribution in [1.82, 2.24) is 0 Å². The van der Waals surface area contributed by atoms with Crippen LogP contribution in [0.4, 0.5) is 8.78 Å². The van der Waals surface area contributed by atoms with Gasteiger partial charge in [0.25, 0.3) is 0 Å². The SMILES string of the molecule is COC(=O)c1ccc(OCc2ccccc2OC(F)F)cc1. The van der Waals surface area contributed by atoms with E-state index in [-0.39, 0.29) is 12.4 Å². The summed E-state index contributed by atoms with van der Waals surface area (Å²) < 4.78 is 39.1. The van der Waals surface area contributed by atoms with Crippen molar-refractivity contribution >= 4 is 5.97 Å². The summed E-state index contributed by atoms with van der Waals surface area (Å²) >= 11 is 0. The van der Waals surface area contributed by atoms with E-state index in [1.54, 1.807) is 42.5 Å². The molecule has 0 aromatic heterocycles. The molecule has 2 rings (SSSR count). The first-order valence-electron chi connectivity index (χ1n) is 6.44. The Hall–Kier alpha value is -2.63. The average molecular weight is 308 g/mol. The van der Waals surface area contributed by atoms with Crippen LogP contribution < -0.4 is 9.47 Å². The number of carbonyl (C=O) groups is 1. The first-order valence-corrected chi connectivity index (χ1v) is 6.44. The molecule has 0 saturated heterocycles. The lowest BCUT2D eigenvalue weighted by molar-refractivity contribution is -0.0508. The Morgan fingerprint density at radius 3 is 2.41 bits per heavy atom. The van der Waals surface area contributed by atoms with E-state index in [1.807, 2.05) is 0 Å². The maximum atomic E-state index is 12.3. The summed E-state index contributed by atoms with van der Waals surface area (Å²) in [6, 6.07) is 12.7. The highest BCUT2D eigenvalue weighted by atomic mass is 19.3. The summed E-state index contributed by atoms with van der Waals surface area (Å²) in [4.78, 5) is 11.3. The van der Waals surface area contributed by atoms with Gasteiger partial charge in [0.1, 0.15) is 18.1 Å². The molecule has 6 heteroatoms. The Bertz CT molecular complexity index is 626. The molecule has 0 spiro atoms. The van der Waals surface area contributed by atoms with Crippen LogP contribution >= 0.6 is 0 Å². The topological polar surface area (TPSA) is 44.8 Å². The van der Waals surface area contributed by atoms with Crippen molar-refractivity contribution in [3.8, 4) is 11.5 Å². The Morgan fingerprint density at radius 1 is 1.09 bits per heavy atom. The van der Waals surface area contributed by atoms with Gasteiger partial charge in [0.15, 0.2) is 0 Å². The second-order valence-electron chi connectivity index (χ2n) is 4.29. The molecule has 0 aliphatic rings. The third-order valence-corrected chi connectivity index (χ3v) is 2.86. The van der Waals surface area contributed by atoms with Gasteiger partial charge in [0.2, 0.25) is 0 Å². The zero-order valence-corrected chi connectivity index (χ0v) is 11.8. The zero-order valence-electron chi connectivity index (χ0n) is 11.8. The summed E-state index contributed by atoms with van der Waals surface area (Å²) in [7, 11) is 1.30. The van der Waals surface area contributed by atoms with E-state index in [1.165, 1.54) is 13.2 Å². The van der Waals surface area contributed by atoms with Gasteiger partial charge in [-0.05, 0) is 30.3 Å². The molecule has 0 radical (unpaired) electrons. The standard InChI is InChI=1S/C16H14F2O4/c1-20-15(19)11-6-8-13(9-7-11)21-10-12-4-2-3-5-14(12)22-16(17)18/h2-9,16H,10H2,1H3. The molecule has 2 aromatic carbocycles. The van der Waals surface area contributed by atoms with Gasteiger partial charge in [-0.1, -0.05) is 18.2 Å². The van der Waals surface area contributed by atoms with E-state index in [2.05, 4.69) is 9.47 Å². The molecular formula is C16H14F2O4. The highest BCUT2D eigenvalue weighted by molar-refractivity contribution is 5.89. The molecule has 0 fully saturated rings. The fraction of sp³-hybridized carbons (Fsp3) is 0.188. The van der Waals surface area contributed by atoms with Crippen molar-refractivity contribution in [2.75, 3.05) is 7.11 Å². The van der Waals surface area contributed by atoms with Crippen LogP contribution in [0.25, 0.3) is 0 Å². The summed E-state index contributed by atoms with van der Waals surface area (Å²) in [5, 5.41) is 0. The normalized spacial score (nSPS) is 10.4. The lowest BCUT2D eigenvalue weighted by Crippen LogP contribution is -2.06. The van der Waals surface area contributed by atoms with Gasteiger partial charge in [-0.15, -0.1) is 0 Å². The minimum Gasteiger partial charge on any atom is -0.489 e. The number of halogens is 2. The highest BCUT2D eigenvalue weighted by Crippen LogP contribution is 2.22. The van der Waals surface area contributed by atoms with Crippen LogP contribution in [0.5, 0.6) is 11.5 Å². The maximum absolute atomic E-state index is 12.3. The molecular weight excluding hydrogens is 294 g/mol. The fourth-order valence-corrected chi connectivity index (χ4v) is 1.80. The molecule has 0 heterocycles. The summed E-state index contributed by atoms with van der Waals surface area (Å²) in [6.45, 7) is -2.82. The van der Waals surface area contributed by atoms with Gasteiger partial charge in [0, 0.05) is 5.56 Å². The second kappa shape index (κ2) is 7.40. The third kappa shape index (κ3) is 4.18. The van der Waals surface area contributed by atoms with E-state index in [0.29, 0.717) is 16.9 Å². The van der Waals surface area contributed by atoms with Gasteiger partial charge in [0.05, 0.1) is 12.7 Å². The summed E-state index contributed by atoms with van der Waals surface area (Å²) in [6.07, 6.45) is 0. The number of ether oxygens (including phenoxy) is 3. The average Bonchev–Trinajstić information content (AvgIpc) is 2.53. The molecule has 0 N–H and O–H groups in total. The predicted octanol–water partition coefficient (Wildman–Crippen LogP) is 3.65. The number of esters is 1. The van der Waals surface area contributed by atoms with Crippen LogP contribution in [0, 0.1) is 0 Å². The van der Waals surface area contributed by atoms with Crippen LogP contribution in [-0.4, -0.2) is 19.7 Å². The Morgan fingerprint density at radius 2 is 1.77 bits per heavy atom. The lowest BCUT2D eigenvalue weighted by atomic mass is 10.2. The van der Waals surface area contributed by atoms with E-state index in [0.717, 1.165) is 0 Å². The number of rotatable bonds is 6. The molecule has 0 bridgehead atoms. The van der Waals surface area contributed by atoms with Crippen LogP contribution in [0.2, 0.25) is 0 Å². The summed E-state index contributed by atoms with van der Waals surface area (Å²) in [5.74, 6) is 0.130. The van der Waals surface area contributed by atoms with Crippen LogP contribution in [-0.2, 0) is 11.3 Å². The highest BCUT2D eigenvalue weighted by Gasteiger charge is 2.10. The number of carbonyl (C=O) groups excluding carboxylic acids is 1. The molecule has 0 atom stereocenters. The van der Waals surface area contributed by atoms with Crippen LogP contribution in [0.1, 0.15) is 15.9 Å². The Balaban J connectivity index is 2.02. The molecule has 0 amide bonds. The number of para-hydroxylation sites is 1. The van der Waals surface area contributed by atoms with Crippen molar-refractivity contribution < 1.29 is 27.8 Å². The number of alkyl halides is 2. The van der Waals surface area contributed by atoms with E-state index < -0.39 is 12.6 Å². The van der Waals surface area contributed by atoms with Crippen molar-refractivity contribution in [2.45, 2.75) is 13.2 Å². The lowest BCUT2D eigenvalue weighted by Gasteiger charge is -2.11. The van der Waals surface area contributed by atoms with Gasteiger partial charge < -0.3 is 14.2 Å². The van der Waals surface area contributed by atoms with Crippen molar-refractivity contribution in [3.05, 3.63) is 59.7 Å². The maximum Gasteiger partial charge on any atom is 0.387 e. The quantitative estimate of drug-likeness (QED) is 0.764. The first-order chi connectivity index (χ1) is 10.6. The van der Waals surface area contributed by atoms with E-state index in [4.69, 9.17) is 4.74 Å². The van der Waals surface area contributed by atoms with Crippen molar-refractivity contribution in [3.63, 3.8) is 0 Å². The summed E-state index contributed by atoms with van der Waals surface area (Å²) in [5.41, 5.74) is 0.899. The smallest absolute Gasteiger partial charge is 0.387 e. The van der Waals surface area contributed by atoms with Gasteiger partial charge in [-0.25, -0.2) is 4.79 Å². The van der Waals surface area contributed by atoms with Gasteiger partial charge >= 0.3 is 12.6 Å². The molecule has 4 nitrogen and oxygen atoms in total. The minimum absolute atomic E-state index is 0.0699. The third-order valence-electron chi connectivity index (χ3n) is 2.86. The molecule has 0 unspecified atom stereocenters. The van der Waals surface area contributed by atoms with E-state index >= 15 is 0 Å². The molecule has 116 valence electrons. The molecule has 2 aromatic rings. The van der Waals surface area contributed by atoms with Crippen LogP contribution in [0.15, 0.2) is 48.5 Å². The van der Waals surface area contributed by atoms with Crippen molar-refractivity contribution in [1.29, 1.82) is 0 Å². The molecule has 0 saturated carbocycles. The predicted molar refractivity (Wildman–Crippen MR) is 75.2 cm³/mol. The second-order valence-corrected chi connectivity index (χ2v) is 4.29. The van der Waals surface area contributed by atoms with Gasteiger partial charge in [-0.2, -0.15) is 8.78 Å². The Labute approximate surface area is 126 Å². The largest absolute Gasteiger partial charge is 0.489 e. The molecule has 22 heavy (non-hydrogen) atoms. The Kier molecular flexibility index (Phi) is 5.30. The van der Waals surface area contributed by atoms with E-state index in [9.17, 15) is 13.6 Å². The number of methoxy groups -OCH3 is 1. The fourth-order valence-electron chi connectivity index (χ4n) is 1.80. The molecule has 0 aliphatic heterocycles. The number of hydrogen-bond acceptors (Lipinski definition) is 4. The minimum atomic E-state index is -2.89. The molecule has 0 aliphatic carbocycles. The number of benzene rings is 2. The zero-order chi connectivity index (χ0) is 15.9. The monoisotopic (exact) mass is 308 g/mol. The van der Waals surface area contributed by atoms with Crippen LogP contribution in [0.3, 0.4) is 0 Å². The number of hydrogen-bond donors (Lipinski definition) is 0. The van der Waals surface area contributed by atoms with Gasteiger partial charge in [-0.3, -0.25) is 0 Å². The van der Waals surface area contributed by atoms with Crippen molar-refractivity contribution in [2.24, 2.45) is 0 Å². The first kappa shape index (κ1) is 15.8.